The van der Waals surface area contributed by atoms with Crippen LogP contribution >= 0.6 is 12.2 Å². The van der Waals surface area contributed by atoms with Gasteiger partial charge in [-0.25, -0.2) is 0 Å². The minimum atomic E-state index is 0.412. The van der Waals surface area contributed by atoms with Gasteiger partial charge in [0.2, 0.25) is 0 Å². The van der Waals surface area contributed by atoms with Gasteiger partial charge in [-0.15, -0.1) is 0 Å². The first kappa shape index (κ1) is 9.29. The monoisotopic (exact) mass is 276 g/mol. The molecule has 0 saturated heterocycles. The zero-order valence-corrected chi connectivity index (χ0v) is 10.5. The van der Waals surface area contributed by atoms with E-state index < -0.39 is 0 Å². The molecule has 2 heteroatoms. The second-order valence-corrected chi connectivity index (χ2v) is 6.11. The van der Waals surface area contributed by atoms with E-state index in [4.69, 9.17) is 12.2 Å². The third kappa shape index (κ3) is 1.46. The van der Waals surface area contributed by atoms with Crippen LogP contribution in [0.4, 0.5) is 0 Å². The quantitative estimate of drug-likeness (QED) is 0.342. The Hall–Kier alpha value is -0.951. The van der Waals surface area contributed by atoms with Crippen LogP contribution in [0.5, 0.6) is 0 Å². The van der Waals surface area contributed by atoms with Gasteiger partial charge >= 0.3 is 99.1 Å². The van der Waals surface area contributed by atoms with Gasteiger partial charge in [0.1, 0.15) is 0 Å². The van der Waals surface area contributed by atoms with Crippen LogP contribution in [0.25, 0.3) is 19.3 Å². The third-order valence-corrected chi connectivity index (χ3v) is 5.34. The van der Waals surface area contributed by atoms with Crippen molar-refractivity contribution in [2.24, 2.45) is 0 Å². The van der Waals surface area contributed by atoms with Gasteiger partial charge in [-0.1, -0.05) is 0 Å². The first-order valence-electron chi connectivity index (χ1n) is 4.77. The fourth-order valence-corrected chi connectivity index (χ4v) is 4.69. The summed E-state index contributed by atoms with van der Waals surface area (Å²) in [5, 5.41) is 2.51. The molecule has 0 unspecified atom stereocenters. The summed E-state index contributed by atoms with van der Waals surface area (Å²) < 4.78 is 3.83. The summed E-state index contributed by atoms with van der Waals surface area (Å²) in [6, 6.07) is 17.0. The normalized spacial score (nSPS) is 10.9. The van der Waals surface area contributed by atoms with Gasteiger partial charge in [-0.05, 0) is 0 Å². The van der Waals surface area contributed by atoms with E-state index in [0.29, 0.717) is 14.5 Å². The van der Waals surface area contributed by atoms with Crippen molar-refractivity contribution in [3.05, 3.63) is 53.0 Å². The van der Waals surface area contributed by atoms with E-state index in [1.54, 1.807) is 0 Å². The molecule has 1 heterocycles. The molecule has 0 atom stereocenters. The van der Waals surface area contributed by atoms with Gasteiger partial charge in [-0.3, -0.25) is 0 Å². The average Bonchev–Trinajstić information content (AvgIpc) is 2.30. The van der Waals surface area contributed by atoms with Gasteiger partial charge in [0.25, 0.3) is 0 Å². The van der Waals surface area contributed by atoms with Crippen LogP contribution < -0.4 is 0 Å². The van der Waals surface area contributed by atoms with Crippen LogP contribution in [0.3, 0.4) is 0 Å². The van der Waals surface area contributed by atoms with Gasteiger partial charge in [0.05, 0.1) is 0 Å². The Morgan fingerprint density at radius 2 is 1.20 bits per heavy atom. The standard InChI is InChI=1S/C13H8SSe/c14-13-9-5-1-3-7-11(9)15-12-8-4-2-6-10(12)13/h1-8H. The Labute approximate surface area is 98.9 Å². The molecule has 0 radical (unpaired) electrons. The van der Waals surface area contributed by atoms with Crippen LogP contribution in [-0.4, -0.2) is 14.5 Å². The Morgan fingerprint density at radius 3 is 1.73 bits per heavy atom. The topological polar surface area (TPSA) is 0 Å². The predicted octanol–water partition coefficient (Wildman–Crippen LogP) is 3.78. The fourth-order valence-electron chi connectivity index (χ4n) is 1.75. The molecule has 0 aliphatic rings. The number of benzene rings is 2. The Bertz CT molecular complexity index is 640. The summed E-state index contributed by atoms with van der Waals surface area (Å²) in [4.78, 5) is 0. The van der Waals surface area contributed by atoms with Gasteiger partial charge in [-0.2, -0.15) is 0 Å². The van der Waals surface area contributed by atoms with Crippen LogP contribution in [-0.2, 0) is 0 Å². The van der Waals surface area contributed by atoms with E-state index in [-0.39, 0.29) is 0 Å². The van der Waals surface area contributed by atoms with Crippen molar-refractivity contribution in [3.63, 3.8) is 0 Å². The number of fused-ring (bicyclic) bond motifs is 2. The van der Waals surface area contributed by atoms with E-state index in [9.17, 15) is 0 Å². The summed E-state index contributed by atoms with van der Waals surface area (Å²) >= 11 is 5.94. The Balaban J connectivity index is 2.66. The van der Waals surface area contributed by atoms with Crippen molar-refractivity contribution < 1.29 is 0 Å². The van der Waals surface area contributed by atoms with Crippen LogP contribution in [0.1, 0.15) is 0 Å². The molecule has 0 N–H and O–H groups in total. The molecule has 2 aromatic carbocycles. The zero-order valence-electron chi connectivity index (χ0n) is 7.94. The first-order chi connectivity index (χ1) is 7.36. The summed E-state index contributed by atoms with van der Waals surface area (Å²) in [6.45, 7) is 0. The minimum absolute atomic E-state index is 0.412. The van der Waals surface area contributed by atoms with Crippen molar-refractivity contribution in [2.45, 2.75) is 0 Å². The molecule has 0 aliphatic carbocycles. The summed E-state index contributed by atoms with van der Waals surface area (Å²) in [6.07, 6.45) is 0. The molecule has 15 heavy (non-hydrogen) atoms. The summed E-state index contributed by atoms with van der Waals surface area (Å²) in [5.41, 5.74) is 0. The molecule has 3 rings (SSSR count). The average molecular weight is 275 g/mol. The fraction of sp³-hybridized carbons (Fsp3) is 0. The van der Waals surface area contributed by atoms with Crippen molar-refractivity contribution in [2.75, 3.05) is 0 Å². The van der Waals surface area contributed by atoms with E-state index in [0.717, 1.165) is 4.51 Å². The van der Waals surface area contributed by atoms with E-state index in [2.05, 4.69) is 48.5 Å². The third-order valence-electron chi connectivity index (χ3n) is 2.48. The van der Waals surface area contributed by atoms with Crippen molar-refractivity contribution in [1.82, 2.24) is 0 Å². The van der Waals surface area contributed by atoms with E-state index in [1.807, 2.05) is 0 Å². The van der Waals surface area contributed by atoms with Crippen LogP contribution in [0, 0.1) is 4.51 Å². The molecule has 0 amide bonds. The summed E-state index contributed by atoms with van der Waals surface area (Å²) in [7, 11) is 0. The Kier molecular flexibility index (Phi) is 2.21. The molecule has 0 spiro atoms. The number of hydrogen-bond donors (Lipinski definition) is 0. The Morgan fingerprint density at radius 1 is 0.733 bits per heavy atom. The van der Waals surface area contributed by atoms with Gasteiger partial charge in [0.15, 0.2) is 0 Å². The van der Waals surface area contributed by atoms with Crippen LogP contribution in [0.15, 0.2) is 48.5 Å². The maximum atomic E-state index is 5.53. The summed E-state index contributed by atoms with van der Waals surface area (Å²) in [5.74, 6) is 0. The zero-order chi connectivity index (χ0) is 10.3. The van der Waals surface area contributed by atoms with Crippen molar-refractivity contribution >= 4 is 46.0 Å². The molecule has 0 bridgehead atoms. The molecule has 3 aromatic rings. The SMILES string of the molecule is S=c1c2ccccc2[se]c2ccccc12. The molecular formula is C13H8SSe. The molecule has 72 valence electrons. The van der Waals surface area contributed by atoms with Crippen LogP contribution in [0.2, 0.25) is 0 Å². The number of hydrogen-bond acceptors (Lipinski definition) is 1. The van der Waals surface area contributed by atoms with Crippen molar-refractivity contribution in [3.8, 4) is 0 Å². The number of rotatable bonds is 0. The van der Waals surface area contributed by atoms with Gasteiger partial charge < -0.3 is 0 Å². The molecule has 0 fully saturated rings. The molecule has 0 saturated carbocycles. The van der Waals surface area contributed by atoms with E-state index in [1.165, 1.54) is 19.3 Å². The molecule has 0 nitrogen and oxygen atoms in total. The van der Waals surface area contributed by atoms with E-state index >= 15 is 0 Å². The molecule has 1 aromatic heterocycles. The second kappa shape index (κ2) is 3.57. The second-order valence-electron chi connectivity index (χ2n) is 3.42. The molecule has 0 aliphatic heterocycles. The maximum absolute atomic E-state index is 5.53. The molecular weight excluding hydrogens is 267 g/mol. The predicted molar refractivity (Wildman–Crippen MR) is 69.2 cm³/mol. The van der Waals surface area contributed by atoms with Gasteiger partial charge in [0, 0.05) is 0 Å². The van der Waals surface area contributed by atoms with Crippen molar-refractivity contribution in [1.29, 1.82) is 0 Å². The first-order valence-corrected chi connectivity index (χ1v) is 6.89.